The summed E-state index contributed by atoms with van der Waals surface area (Å²) < 4.78 is 5.91. The van der Waals surface area contributed by atoms with E-state index in [1.54, 1.807) is 0 Å². The van der Waals surface area contributed by atoms with Crippen LogP contribution in [0.1, 0.15) is 65.7 Å². The Kier molecular flexibility index (Phi) is 6.31. The first kappa shape index (κ1) is 13.0. The van der Waals surface area contributed by atoms with Gasteiger partial charge in [0.25, 0.3) is 0 Å². The minimum atomic E-state index is 0.580. The summed E-state index contributed by atoms with van der Waals surface area (Å²) in [5.74, 6) is 1.83. The summed E-state index contributed by atoms with van der Waals surface area (Å²) >= 11 is 0. The zero-order valence-corrected chi connectivity index (χ0v) is 10.8. The van der Waals surface area contributed by atoms with Crippen LogP contribution in [0.5, 0.6) is 0 Å². The molecule has 0 aliphatic heterocycles. The zero-order valence-electron chi connectivity index (χ0n) is 10.8. The number of hydrogen-bond acceptors (Lipinski definition) is 1. The highest BCUT2D eigenvalue weighted by atomic mass is 16.5. The zero-order chi connectivity index (χ0) is 11.1. The van der Waals surface area contributed by atoms with Crippen molar-refractivity contribution < 1.29 is 4.74 Å². The van der Waals surface area contributed by atoms with Gasteiger partial charge in [-0.15, -0.1) is 0 Å². The highest BCUT2D eigenvalue weighted by Crippen LogP contribution is 2.31. The van der Waals surface area contributed by atoms with Crippen LogP contribution in [0.25, 0.3) is 0 Å². The summed E-state index contributed by atoms with van der Waals surface area (Å²) in [4.78, 5) is 0. The van der Waals surface area contributed by atoms with E-state index < -0.39 is 0 Å². The standard InChI is InChI=1S/C14H28O/c1-4-5-6-11-15-14-9-7-13(8-10-14)12(2)3/h12-14H,4-11H2,1-3H3/t13-,14-. The molecule has 1 heteroatoms. The molecule has 1 fully saturated rings. The molecule has 0 saturated heterocycles. The molecule has 0 aromatic carbocycles. The maximum atomic E-state index is 5.91. The molecule has 1 saturated carbocycles. The Balaban J connectivity index is 2.04. The average molecular weight is 212 g/mol. The van der Waals surface area contributed by atoms with Gasteiger partial charge in [-0.1, -0.05) is 33.6 Å². The van der Waals surface area contributed by atoms with Crippen LogP contribution in [0, 0.1) is 11.8 Å². The summed E-state index contributed by atoms with van der Waals surface area (Å²) in [5, 5.41) is 0. The van der Waals surface area contributed by atoms with Crippen LogP contribution in [-0.4, -0.2) is 12.7 Å². The molecule has 0 N–H and O–H groups in total. The molecule has 0 heterocycles. The Morgan fingerprint density at radius 2 is 1.73 bits per heavy atom. The first-order chi connectivity index (χ1) is 7.24. The molecular weight excluding hydrogens is 184 g/mol. The average Bonchev–Trinajstić information content (AvgIpc) is 2.25. The van der Waals surface area contributed by atoms with E-state index >= 15 is 0 Å². The van der Waals surface area contributed by atoms with Crippen molar-refractivity contribution in [3.8, 4) is 0 Å². The third-order valence-electron chi connectivity index (χ3n) is 3.76. The highest BCUT2D eigenvalue weighted by molar-refractivity contribution is 4.74. The minimum Gasteiger partial charge on any atom is -0.378 e. The van der Waals surface area contributed by atoms with E-state index in [0.29, 0.717) is 6.10 Å². The summed E-state index contributed by atoms with van der Waals surface area (Å²) in [5.41, 5.74) is 0. The fourth-order valence-electron chi connectivity index (χ4n) is 2.52. The SMILES string of the molecule is CCCCCO[C@H]1CC[C@H](C(C)C)CC1. The molecule has 90 valence electrons. The molecule has 0 unspecified atom stereocenters. The van der Waals surface area contributed by atoms with Gasteiger partial charge < -0.3 is 4.74 Å². The maximum absolute atomic E-state index is 5.91. The van der Waals surface area contributed by atoms with Gasteiger partial charge in [0, 0.05) is 6.61 Å². The lowest BCUT2D eigenvalue weighted by molar-refractivity contribution is 0.0114. The quantitative estimate of drug-likeness (QED) is 0.593. The van der Waals surface area contributed by atoms with Crippen LogP contribution in [0.2, 0.25) is 0 Å². The largest absolute Gasteiger partial charge is 0.378 e. The van der Waals surface area contributed by atoms with Crippen molar-refractivity contribution in [3.63, 3.8) is 0 Å². The Morgan fingerprint density at radius 3 is 2.27 bits per heavy atom. The van der Waals surface area contributed by atoms with Gasteiger partial charge in [0.05, 0.1) is 6.10 Å². The Labute approximate surface area is 95.6 Å². The van der Waals surface area contributed by atoms with Crippen LogP contribution < -0.4 is 0 Å². The smallest absolute Gasteiger partial charge is 0.0575 e. The van der Waals surface area contributed by atoms with Crippen LogP contribution in [0.4, 0.5) is 0 Å². The number of ether oxygens (including phenoxy) is 1. The lowest BCUT2D eigenvalue weighted by atomic mass is 9.80. The van der Waals surface area contributed by atoms with Gasteiger partial charge in [-0.25, -0.2) is 0 Å². The van der Waals surface area contributed by atoms with E-state index in [1.165, 1.54) is 44.9 Å². The maximum Gasteiger partial charge on any atom is 0.0575 e. The Morgan fingerprint density at radius 1 is 1.07 bits per heavy atom. The molecule has 0 atom stereocenters. The molecule has 15 heavy (non-hydrogen) atoms. The molecule has 1 nitrogen and oxygen atoms in total. The van der Waals surface area contributed by atoms with Crippen LogP contribution in [-0.2, 0) is 4.74 Å². The molecule has 0 amide bonds. The molecule has 0 radical (unpaired) electrons. The van der Waals surface area contributed by atoms with Gasteiger partial charge in [0.1, 0.15) is 0 Å². The molecular formula is C14H28O. The van der Waals surface area contributed by atoms with Crippen molar-refractivity contribution in [2.75, 3.05) is 6.61 Å². The van der Waals surface area contributed by atoms with Crippen LogP contribution in [0.15, 0.2) is 0 Å². The van der Waals surface area contributed by atoms with Crippen molar-refractivity contribution in [1.29, 1.82) is 0 Å². The molecule has 0 aromatic rings. The predicted molar refractivity (Wildman–Crippen MR) is 66.1 cm³/mol. The fourth-order valence-corrected chi connectivity index (χ4v) is 2.52. The Hall–Kier alpha value is -0.0400. The van der Waals surface area contributed by atoms with Crippen molar-refractivity contribution in [3.05, 3.63) is 0 Å². The molecule has 1 aliphatic rings. The van der Waals surface area contributed by atoms with Gasteiger partial charge in [0.15, 0.2) is 0 Å². The summed E-state index contributed by atoms with van der Waals surface area (Å²) in [6.45, 7) is 7.94. The van der Waals surface area contributed by atoms with Gasteiger partial charge >= 0.3 is 0 Å². The number of hydrogen-bond donors (Lipinski definition) is 0. The first-order valence-electron chi connectivity index (χ1n) is 6.85. The van der Waals surface area contributed by atoms with E-state index in [-0.39, 0.29) is 0 Å². The highest BCUT2D eigenvalue weighted by Gasteiger charge is 2.23. The van der Waals surface area contributed by atoms with Crippen LogP contribution in [0.3, 0.4) is 0 Å². The first-order valence-corrected chi connectivity index (χ1v) is 6.85. The lowest BCUT2D eigenvalue weighted by Crippen LogP contribution is -2.24. The molecule has 0 aromatic heterocycles. The van der Waals surface area contributed by atoms with Crippen molar-refractivity contribution in [2.45, 2.75) is 71.8 Å². The summed E-state index contributed by atoms with van der Waals surface area (Å²) in [6, 6.07) is 0. The molecule has 1 rings (SSSR count). The second-order valence-corrected chi connectivity index (χ2v) is 5.36. The topological polar surface area (TPSA) is 9.23 Å². The van der Waals surface area contributed by atoms with E-state index in [4.69, 9.17) is 4.74 Å². The fraction of sp³-hybridized carbons (Fsp3) is 1.00. The van der Waals surface area contributed by atoms with Gasteiger partial charge in [-0.2, -0.15) is 0 Å². The lowest BCUT2D eigenvalue weighted by Gasteiger charge is -2.30. The van der Waals surface area contributed by atoms with Crippen molar-refractivity contribution in [2.24, 2.45) is 11.8 Å². The second-order valence-electron chi connectivity index (χ2n) is 5.36. The third kappa shape index (κ3) is 5.01. The van der Waals surface area contributed by atoms with E-state index in [2.05, 4.69) is 20.8 Å². The second kappa shape index (κ2) is 7.27. The molecule has 0 spiro atoms. The number of unbranched alkanes of at least 4 members (excludes halogenated alkanes) is 2. The van der Waals surface area contributed by atoms with E-state index in [9.17, 15) is 0 Å². The van der Waals surface area contributed by atoms with E-state index in [1.807, 2.05) is 0 Å². The monoisotopic (exact) mass is 212 g/mol. The van der Waals surface area contributed by atoms with Gasteiger partial charge in [0.2, 0.25) is 0 Å². The van der Waals surface area contributed by atoms with Crippen LogP contribution >= 0.6 is 0 Å². The predicted octanol–water partition coefficient (Wildman–Crippen LogP) is 4.41. The van der Waals surface area contributed by atoms with Gasteiger partial charge in [-0.05, 0) is 43.9 Å². The van der Waals surface area contributed by atoms with Gasteiger partial charge in [-0.3, -0.25) is 0 Å². The third-order valence-corrected chi connectivity index (χ3v) is 3.76. The molecule has 1 aliphatic carbocycles. The molecule has 0 bridgehead atoms. The van der Waals surface area contributed by atoms with Crippen molar-refractivity contribution >= 4 is 0 Å². The summed E-state index contributed by atoms with van der Waals surface area (Å²) in [7, 11) is 0. The minimum absolute atomic E-state index is 0.580. The van der Waals surface area contributed by atoms with E-state index in [0.717, 1.165) is 18.4 Å². The Bertz CT molecular complexity index is 145. The van der Waals surface area contributed by atoms with Crippen molar-refractivity contribution in [1.82, 2.24) is 0 Å². The number of rotatable bonds is 6. The normalized spacial score (nSPS) is 27.2. The summed E-state index contributed by atoms with van der Waals surface area (Å²) in [6.07, 6.45) is 9.82.